The van der Waals surface area contributed by atoms with Crippen molar-refractivity contribution in [2.24, 2.45) is 0 Å². The van der Waals surface area contributed by atoms with Crippen molar-refractivity contribution in [3.63, 3.8) is 0 Å². The summed E-state index contributed by atoms with van der Waals surface area (Å²) in [6.07, 6.45) is 1.90. The number of rotatable bonds is 1. The predicted molar refractivity (Wildman–Crippen MR) is 43.2 cm³/mol. The van der Waals surface area contributed by atoms with Crippen LogP contribution in [-0.2, 0) is 0 Å². The van der Waals surface area contributed by atoms with Crippen LogP contribution >= 0.6 is 23.4 Å². The highest BCUT2D eigenvalue weighted by Crippen LogP contribution is 2.15. The lowest BCUT2D eigenvalue weighted by Gasteiger charge is -1.96. The molecule has 0 aromatic carbocycles. The lowest BCUT2D eigenvalue weighted by atomic mass is 10.6. The number of hydrogen-bond acceptors (Lipinski definition) is 4. The molecule has 3 nitrogen and oxygen atoms in total. The van der Waals surface area contributed by atoms with E-state index in [1.54, 1.807) is 6.07 Å². The van der Waals surface area contributed by atoms with Gasteiger partial charge in [-0.05, 0) is 17.9 Å². The largest absolute Gasteiger partial charge is 0.384 e. The molecular formula is C5H6ClN3S. The lowest BCUT2D eigenvalue weighted by Crippen LogP contribution is -1.92. The molecule has 1 heterocycles. The third kappa shape index (κ3) is 1.75. The van der Waals surface area contributed by atoms with E-state index >= 15 is 0 Å². The van der Waals surface area contributed by atoms with Gasteiger partial charge in [-0.25, -0.2) is 9.97 Å². The van der Waals surface area contributed by atoms with Gasteiger partial charge < -0.3 is 5.73 Å². The maximum Gasteiger partial charge on any atom is 0.225 e. The van der Waals surface area contributed by atoms with Gasteiger partial charge in [0, 0.05) is 6.07 Å². The molecule has 0 aliphatic rings. The quantitative estimate of drug-likeness (QED) is 0.399. The molecule has 1 aromatic rings. The molecule has 0 bridgehead atoms. The van der Waals surface area contributed by atoms with Gasteiger partial charge in [0.2, 0.25) is 5.28 Å². The fourth-order valence-electron chi connectivity index (χ4n) is 0.518. The molecular weight excluding hydrogens is 170 g/mol. The van der Waals surface area contributed by atoms with E-state index < -0.39 is 0 Å². The summed E-state index contributed by atoms with van der Waals surface area (Å²) in [5.41, 5.74) is 5.39. The predicted octanol–water partition coefficient (Wildman–Crippen LogP) is 1.43. The second kappa shape index (κ2) is 3.07. The van der Waals surface area contributed by atoms with Gasteiger partial charge in [-0.1, -0.05) is 0 Å². The summed E-state index contributed by atoms with van der Waals surface area (Å²) in [5.74, 6) is 0.407. The van der Waals surface area contributed by atoms with Gasteiger partial charge in [0.1, 0.15) is 10.8 Å². The van der Waals surface area contributed by atoms with E-state index in [0.717, 1.165) is 5.03 Å². The molecule has 0 saturated carbocycles. The van der Waals surface area contributed by atoms with E-state index in [1.165, 1.54) is 11.8 Å². The monoisotopic (exact) mass is 175 g/mol. The normalized spacial score (nSPS) is 9.80. The summed E-state index contributed by atoms with van der Waals surface area (Å²) >= 11 is 6.99. The molecule has 0 amide bonds. The van der Waals surface area contributed by atoms with Gasteiger partial charge in [0.25, 0.3) is 0 Å². The van der Waals surface area contributed by atoms with Crippen molar-refractivity contribution in [2.45, 2.75) is 5.03 Å². The third-order valence-corrected chi connectivity index (χ3v) is 1.70. The van der Waals surface area contributed by atoms with E-state index in [0.29, 0.717) is 5.82 Å². The molecule has 54 valence electrons. The number of hydrogen-bond donors (Lipinski definition) is 1. The number of nitrogen functional groups attached to an aromatic ring is 1. The van der Waals surface area contributed by atoms with Crippen molar-refractivity contribution >= 4 is 29.2 Å². The van der Waals surface area contributed by atoms with Crippen molar-refractivity contribution < 1.29 is 0 Å². The fraction of sp³-hybridized carbons (Fsp3) is 0.200. The minimum absolute atomic E-state index is 0.198. The zero-order chi connectivity index (χ0) is 7.56. The molecule has 1 aromatic heterocycles. The Hall–Kier alpha value is -0.480. The molecule has 5 heteroatoms. The molecule has 0 fully saturated rings. The van der Waals surface area contributed by atoms with Crippen LogP contribution in [0.4, 0.5) is 5.82 Å². The van der Waals surface area contributed by atoms with Crippen LogP contribution in [-0.4, -0.2) is 16.2 Å². The SMILES string of the molecule is CSc1cc(N)nc(Cl)n1. The van der Waals surface area contributed by atoms with Crippen molar-refractivity contribution in [3.8, 4) is 0 Å². The van der Waals surface area contributed by atoms with Gasteiger partial charge in [0.15, 0.2) is 0 Å². The van der Waals surface area contributed by atoms with E-state index in [4.69, 9.17) is 17.3 Å². The topological polar surface area (TPSA) is 51.8 Å². The summed E-state index contributed by atoms with van der Waals surface area (Å²) in [5, 5.41) is 0.988. The summed E-state index contributed by atoms with van der Waals surface area (Å²) in [6.45, 7) is 0. The first-order valence-corrected chi connectivity index (χ1v) is 4.16. The Balaban J connectivity index is 3.06. The second-order valence-corrected chi connectivity index (χ2v) is 2.77. The number of aromatic nitrogens is 2. The van der Waals surface area contributed by atoms with Gasteiger partial charge in [0.05, 0.1) is 0 Å². The average molecular weight is 176 g/mol. The number of nitrogens with zero attached hydrogens (tertiary/aromatic N) is 2. The van der Waals surface area contributed by atoms with Crippen LogP contribution in [0, 0.1) is 0 Å². The Labute approximate surface area is 68.0 Å². The Bertz CT molecular complexity index is 220. The first-order chi connectivity index (χ1) is 4.72. The van der Waals surface area contributed by atoms with Gasteiger partial charge in [-0.15, -0.1) is 11.8 Å². The van der Waals surface area contributed by atoms with E-state index in [1.807, 2.05) is 6.26 Å². The van der Waals surface area contributed by atoms with Crippen LogP contribution in [0.2, 0.25) is 5.28 Å². The Kier molecular flexibility index (Phi) is 2.34. The highest BCUT2D eigenvalue weighted by atomic mass is 35.5. The van der Waals surface area contributed by atoms with Gasteiger partial charge >= 0.3 is 0 Å². The first kappa shape index (κ1) is 7.63. The standard InChI is InChI=1S/C5H6ClN3S/c1-10-4-2-3(7)8-5(6)9-4/h2H,1H3,(H2,7,8,9). The van der Waals surface area contributed by atoms with E-state index in [-0.39, 0.29) is 5.28 Å². The highest BCUT2D eigenvalue weighted by molar-refractivity contribution is 7.98. The van der Waals surface area contributed by atoms with Crippen molar-refractivity contribution in [3.05, 3.63) is 11.3 Å². The average Bonchev–Trinajstić information content (AvgIpc) is 1.85. The van der Waals surface area contributed by atoms with Gasteiger partial charge in [-0.2, -0.15) is 0 Å². The molecule has 2 N–H and O–H groups in total. The number of anilines is 1. The Morgan fingerprint density at radius 3 is 2.80 bits per heavy atom. The molecule has 0 radical (unpaired) electrons. The summed E-state index contributed by atoms with van der Waals surface area (Å²) in [6, 6.07) is 1.68. The Morgan fingerprint density at radius 2 is 2.30 bits per heavy atom. The summed E-state index contributed by atoms with van der Waals surface area (Å²) in [7, 11) is 0. The van der Waals surface area contributed by atoms with E-state index in [9.17, 15) is 0 Å². The van der Waals surface area contributed by atoms with Crippen LogP contribution in [0.1, 0.15) is 0 Å². The van der Waals surface area contributed by atoms with Crippen molar-refractivity contribution in [2.75, 3.05) is 12.0 Å². The third-order valence-electron chi connectivity index (χ3n) is 0.904. The molecule has 10 heavy (non-hydrogen) atoms. The smallest absolute Gasteiger partial charge is 0.225 e. The molecule has 0 aliphatic carbocycles. The van der Waals surface area contributed by atoms with Crippen LogP contribution in [0.5, 0.6) is 0 Å². The molecule has 0 unspecified atom stereocenters. The summed E-state index contributed by atoms with van der Waals surface area (Å²) < 4.78 is 0. The molecule has 0 spiro atoms. The van der Waals surface area contributed by atoms with E-state index in [2.05, 4.69) is 9.97 Å². The van der Waals surface area contributed by atoms with Gasteiger partial charge in [-0.3, -0.25) is 0 Å². The van der Waals surface area contributed by atoms with Crippen molar-refractivity contribution in [1.82, 2.24) is 9.97 Å². The second-order valence-electron chi connectivity index (χ2n) is 1.60. The lowest BCUT2D eigenvalue weighted by molar-refractivity contribution is 1.06. The zero-order valence-corrected chi connectivity index (χ0v) is 6.91. The maximum atomic E-state index is 5.51. The Morgan fingerprint density at radius 1 is 1.60 bits per heavy atom. The number of thioether (sulfide) groups is 1. The molecule has 1 rings (SSSR count). The maximum absolute atomic E-state index is 5.51. The fourth-order valence-corrected chi connectivity index (χ4v) is 1.17. The zero-order valence-electron chi connectivity index (χ0n) is 5.34. The highest BCUT2D eigenvalue weighted by Gasteiger charge is 1.96. The molecule has 0 aliphatic heterocycles. The minimum Gasteiger partial charge on any atom is -0.384 e. The van der Waals surface area contributed by atoms with Crippen LogP contribution in [0.15, 0.2) is 11.1 Å². The van der Waals surface area contributed by atoms with Crippen LogP contribution < -0.4 is 5.73 Å². The van der Waals surface area contributed by atoms with Crippen molar-refractivity contribution in [1.29, 1.82) is 0 Å². The van der Waals surface area contributed by atoms with Crippen LogP contribution in [0.3, 0.4) is 0 Å². The number of halogens is 1. The van der Waals surface area contributed by atoms with Crippen LogP contribution in [0.25, 0.3) is 0 Å². The first-order valence-electron chi connectivity index (χ1n) is 2.56. The molecule has 0 saturated heterocycles. The number of nitrogens with two attached hydrogens (primary N) is 1. The minimum atomic E-state index is 0.198. The molecule has 0 atom stereocenters. The summed E-state index contributed by atoms with van der Waals surface area (Å²) in [4.78, 5) is 7.59.